The Hall–Kier alpha value is -4.12. The normalized spacial score (nSPS) is 11.5. The minimum atomic E-state index is 0.101. The maximum absolute atomic E-state index is 9.32. The highest BCUT2D eigenvalue weighted by molar-refractivity contribution is 6.05. The van der Waals surface area contributed by atoms with E-state index in [1.54, 1.807) is 16.9 Å². The third-order valence-electron chi connectivity index (χ3n) is 4.06. The number of fused-ring (bicyclic) bond motifs is 1. The van der Waals surface area contributed by atoms with Gasteiger partial charge in [0, 0.05) is 29.2 Å². The van der Waals surface area contributed by atoms with Gasteiger partial charge in [0.25, 0.3) is 0 Å². The van der Waals surface area contributed by atoms with Crippen LogP contribution in [0, 0.1) is 11.3 Å². The zero-order valence-electron chi connectivity index (χ0n) is 14.4. The number of nitrogen functional groups attached to an aromatic ring is 1. The molecule has 0 fully saturated rings. The van der Waals surface area contributed by atoms with Gasteiger partial charge in [0.05, 0.1) is 0 Å². The van der Waals surface area contributed by atoms with Crippen LogP contribution in [0.5, 0.6) is 0 Å². The van der Waals surface area contributed by atoms with Crippen LogP contribution >= 0.6 is 0 Å². The number of benzene rings is 1. The summed E-state index contributed by atoms with van der Waals surface area (Å²) in [6.07, 6.45) is 4.76. The number of anilines is 1. The molecule has 0 aliphatic rings. The summed E-state index contributed by atoms with van der Waals surface area (Å²) in [5, 5.41) is 14.0. The van der Waals surface area contributed by atoms with Gasteiger partial charge in [-0.25, -0.2) is 24.5 Å². The predicted molar refractivity (Wildman–Crippen MR) is 101 cm³/mol. The molecule has 0 unspecified atom stereocenters. The van der Waals surface area contributed by atoms with Crippen LogP contribution in [-0.4, -0.2) is 30.3 Å². The van der Waals surface area contributed by atoms with E-state index in [4.69, 9.17) is 5.73 Å². The number of nitrogens with zero attached hydrogens (tertiary/aromatic N) is 7. The minimum absolute atomic E-state index is 0.101. The molecule has 4 rings (SSSR count). The second kappa shape index (κ2) is 6.65. The summed E-state index contributed by atoms with van der Waals surface area (Å²) in [5.41, 5.74) is 9.73. The zero-order valence-corrected chi connectivity index (χ0v) is 14.4. The summed E-state index contributed by atoms with van der Waals surface area (Å²) in [6, 6.07) is 13.7. The van der Waals surface area contributed by atoms with Crippen molar-refractivity contribution in [3.05, 3.63) is 66.2 Å². The monoisotopic (exact) mass is 354 g/mol. The average molecular weight is 354 g/mol. The first kappa shape index (κ1) is 16.4. The largest absolute Gasteiger partial charge is 0.382 e. The van der Waals surface area contributed by atoms with Gasteiger partial charge in [0.15, 0.2) is 11.5 Å². The molecule has 0 bridgehead atoms. The predicted octanol–water partition coefficient (Wildman–Crippen LogP) is 2.78. The Labute approximate surface area is 154 Å². The third kappa shape index (κ3) is 2.98. The van der Waals surface area contributed by atoms with E-state index < -0.39 is 0 Å². The summed E-state index contributed by atoms with van der Waals surface area (Å²) >= 11 is 0. The molecular weight excluding hydrogens is 340 g/mol. The van der Waals surface area contributed by atoms with Gasteiger partial charge in [-0.1, -0.05) is 30.3 Å². The molecule has 27 heavy (non-hydrogen) atoms. The first-order valence-electron chi connectivity index (χ1n) is 8.13. The fourth-order valence-corrected chi connectivity index (χ4v) is 2.74. The van der Waals surface area contributed by atoms with Crippen molar-refractivity contribution < 1.29 is 0 Å². The molecule has 8 nitrogen and oxygen atoms in total. The first-order valence-corrected chi connectivity index (χ1v) is 8.13. The van der Waals surface area contributed by atoms with Gasteiger partial charge in [0.2, 0.25) is 0 Å². The number of aromatic nitrogens is 5. The van der Waals surface area contributed by atoms with E-state index in [2.05, 4.69) is 25.0 Å². The number of hydrogen-bond acceptors (Lipinski definition) is 7. The molecule has 1 aromatic carbocycles. The molecular formula is C19H14N8. The highest BCUT2D eigenvalue weighted by Crippen LogP contribution is 2.25. The lowest BCUT2D eigenvalue weighted by atomic mass is 10.0. The lowest BCUT2D eigenvalue weighted by Crippen LogP contribution is -2.05. The summed E-state index contributed by atoms with van der Waals surface area (Å²) in [5.74, 6) is 0.328. The van der Waals surface area contributed by atoms with Gasteiger partial charge in [-0.05, 0) is 13.0 Å². The molecule has 3 heterocycles. The molecule has 4 aromatic rings. The fraction of sp³-hybridized carbons (Fsp3) is 0.0526. The van der Waals surface area contributed by atoms with Crippen LogP contribution in [0.4, 0.5) is 11.6 Å². The van der Waals surface area contributed by atoms with Crippen molar-refractivity contribution in [1.29, 1.82) is 5.26 Å². The quantitative estimate of drug-likeness (QED) is 0.565. The Morgan fingerprint density at radius 2 is 2.00 bits per heavy atom. The third-order valence-corrected chi connectivity index (χ3v) is 4.06. The number of rotatable bonds is 3. The summed E-state index contributed by atoms with van der Waals surface area (Å²) in [7, 11) is 0. The van der Waals surface area contributed by atoms with E-state index in [-0.39, 0.29) is 17.2 Å². The second-order valence-electron chi connectivity index (χ2n) is 5.77. The topological polar surface area (TPSA) is 118 Å². The first-order chi connectivity index (χ1) is 13.2. The lowest BCUT2D eigenvalue weighted by molar-refractivity contribution is 0.940. The van der Waals surface area contributed by atoms with Crippen LogP contribution < -0.4 is 5.73 Å². The standard InChI is InChI=1S/C19H14N8/c1-12(25-19-15(10-20)18(21)23-11-24-19)14-9-16-22-7-8-27(16)26-17(14)13-5-3-2-4-6-13/h2-9,11H,1H3,(H2,21,23,24). The van der Waals surface area contributed by atoms with Gasteiger partial charge in [-0.15, -0.1) is 0 Å². The maximum Gasteiger partial charge on any atom is 0.175 e. The Morgan fingerprint density at radius 3 is 2.78 bits per heavy atom. The SMILES string of the molecule is CC(=Nc1ncnc(N)c1C#N)c1cc2nccn2nc1-c1ccccc1. The average Bonchev–Trinajstić information content (AvgIpc) is 3.15. The molecule has 0 amide bonds. The number of nitrogens with two attached hydrogens (primary N) is 1. The van der Waals surface area contributed by atoms with E-state index in [0.717, 1.165) is 16.8 Å². The summed E-state index contributed by atoms with van der Waals surface area (Å²) in [6.45, 7) is 1.84. The molecule has 0 radical (unpaired) electrons. The molecule has 2 N–H and O–H groups in total. The Morgan fingerprint density at radius 1 is 1.19 bits per heavy atom. The number of imidazole rings is 1. The Kier molecular flexibility index (Phi) is 4.03. The molecule has 130 valence electrons. The van der Waals surface area contributed by atoms with E-state index in [0.29, 0.717) is 11.4 Å². The van der Waals surface area contributed by atoms with E-state index in [9.17, 15) is 5.26 Å². The highest BCUT2D eigenvalue weighted by Gasteiger charge is 2.14. The molecule has 0 aliphatic carbocycles. The van der Waals surface area contributed by atoms with Crippen molar-refractivity contribution in [2.24, 2.45) is 4.99 Å². The summed E-state index contributed by atoms with van der Waals surface area (Å²) < 4.78 is 1.71. The fourth-order valence-electron chi connectivity index (χ4n) is 2.74. The molecule has 0 spiro atoms. The molecule has 0 atom stereocenters. The van der Waals surface area contributed by atoms with Crippen molar-refractivity contribution >= 4 is 23.0 Å². The molecule has 3 aromatic heterocycles. The van der Waals surface area contributed by atoms with Crippen molar-refractivity contribution in [1.82, 2.24) is 24.6 Å². The molecule has 0 aliphatic heterocycles. The van der Waals surface area contributed by atoms with Crippen LogP contribution in [0.15, 0.2) is 60.1 Å². The van der Waals surface area contributed by atoms with Crippen LogP contribution in [0.1, 0.15) is 18.1 Å². The molecule has 8 heteroatoms. The maximum atomic E-state index is 9.32. The number of hydrogen-bond donors (Lipinski definition) is 1. The van der Waals surface area contributed by atoms with Gasteiger partial charge >= 0.3 is 0 Å². The van der Waals surface area contributed by atoms with Crippen molar-refractivity contribution in [2.45, 2.75) is 6.92 Å². The molecule has 0 saturated carbocycles. The lowest BCUT2D eigenvalue weighted by Gasteiger charge is -2.10. The van der Waals surface area contributed by atoms with Gasteiger partial charge in [0.1, 0.15) is 29.5 Å². The minimum Gasteiger partial charge on any atom is -0.382 e. The highest BCUT2D eigenvalue weighted by atomic mass is 15.2. The second-order valence-corrected chi connectivity index (χ2v) is 5.77. The van der Waals surface area contributed by atoms with E-state index in [1.165, 1.54) is 6.33 Å². The number of aliphatic imine (C=N–C) groups is 1. The smallest absolute Gasteiger partial charge is 0.175 e. The summed E-state index contributed by atoms with van der Waals surface area (Å²) in [4.78, 5) is 16.8. The Bertz CT molecular complexity index is 1200. The van der Waals surface area contributed by atoms with Gasteiger partial charge < -0.3 is 5.73 Å². The van der Waals surface area contributed by atoms with Crippen LogP contribution in [-0.2, 0) is 0 Å². The van der Waals surface area contributed by atoms with Gasteiger partial charge in [-0.2, -0.15) is 10.4 Å². The Balaban J connectivity index is 1.93. The van der Waals surface area contributed by atoms with Crippen molar-refractivity contribution in [3.63, 3.8) is 0 Å². The molecule has 0 saturated heterocycles. The van der Waals surface area contributed by atoms with E-state index >= 15 is 0 Å². The van der Waals surface area contributed by atoms with Crippen LogP contribution in [0.25, 0.3) is 16.9 Å². The van der Waals surface area contributed by atoms with Crippen molar-refractivity contribution in [2.75, 3.05) is 5.73 Å². The van der Waals surface area contributed by atoms with E-state index in [1.807, 2.05) is 49.4 Å². The number of nitriles is 1. The van der Waals surface area contributed by atoms with Crippen LogP contribution in [0.3, 0.4) is 0 Å². The van der Waals surface area contributed by atoms with Crippen LogP contribution in [0.2, 0.25) is 0 Å². The van der Waals surface area contributed by atoms with Gasteiger partial charge in [-0.3, -0.25) is 0 Å². The zero-order chi connectivity index (χ0) is 18.8. The van der Waals surface area contributed by atoms with Crippen molar-refractivity contribution in [3.8, 4) is 17.3 Å².